The summed E-state index contributed by atoms with van der Waals surface area (Å²) in [5.41, 5.74) is 1.27. The van der Waals surface area contributed by atoms with Crippen molar-refractivity contribution in [2.75, 3.05) is 19.6 Å². The van der Waals surface area contributed by atoms with E-state index in [1.165, 1.54) is 5.56 Å². The first-order chi connectivity index (χ1) is 8.83. The molecule has 0 radical (unpaired) electrons. The van der Waals surface area contributed by atoms with Crippen molar-refractivity contribution in [3.05, 3.63) is 35.9 Å². The highest BCUT2D eigenvalue weighted by molar-refractivity contribution is 5.77. The molecule has 0 aromatic heterocycles. The maximum atomic E-state index is 12.2. The number of hydrogen-bond acceptors (Lipinski definition) is 2. The van der Waals surface area contributed by atoms with Gasteiger partial charge in [-0.1, -0.05) is 37.3 Å². The van der Waals surface area contributed by atoms with Gasteiger partial charge in [0.1, 0.15) is 0 Å². The molecule has 18 heavy (non-hydrogen) atoms. The van der Waals surface area contributed by atoms with Crippen LogP contribution in [0.4, 0.5) is 0 Å². The lowest BCUT2D eigenvalue weighted by atomic mass is 10.0. The van der Waals surface area contributed by atoms with Crippen LogP contribution in [0.25, 0.3) is 0 Å². The van der Waals surface area contributed by atoms with Crippen molar-refractivity contribution in [1.29, 1.82) is 0 Å². The van der Waals surface area contributed by atoms with Crippen LogP contribution < -0.4 is 5.32 Å². The molecule has 98 valence electrons. The van der Waals surface area contributed by atoms with Gasteiger partial charge in [0.25, 0.3) is 0 Å². The lowest BCUT2D eigenvalue weighted by Gasteiger charge is -2.25. The summed E-state index contributed by atoms with van der Waals surface area (Å²) < 4.78 is 0. The van der Waals surface area contributed by atoms with Gasteiger partial charge in [0.15, 0.2) is 0 Å². The molecule has 1 fully saturated rings. The van der Waals surface area contributed by atoms with Gasteiger partial charge in [0, 0.05) is 19.5 Å². The van der Waals surface area contributed by atoms with E-state index in [9.17, 15) is 4.79 Å². The molecule has 3 nitrogen and oxygen atoms in total. The summed E-state index contributed by atoms with van der Waals surface area (Å²) in [6, 6.07) is 10.7. The zero-order chi connectivity index (χ0) is 12.8. The molecule has 1 atom stereocenters. The minimum absolute atomic E-state index is 0.280. The Morgan fingerprint density at radius 2 is 2.17 bits per heavy atom. The van der Waals surface area contributed by atoms with Crippen LogP contribution in [0.15, 0.2) is 30.3 Å². The smallest absolute Gasteiger partial charge is 0.224 e. The molecule has 0 bridgehead atoms. The largest absolute Gasteiger partial charge is 0.336 e. The van der Waals surface area contributed by atoms with Crippen LogP contribution in [0.2, 0.25) is 0 Å². The molecule has 1 aromatic rings. The normalized spacial score (nSPS) is 19.2. The van der Waals surface area contributed by atoms with Crippen molar-refractivity contribution < 1.29 is 4.79 Å². The fourth-order valence-corrected chi connectivity index (χ4v) is 2.60. The summed E-state index contributed by atoms with van der Waals surface area (Å²) in [5.74, 6) is 0.280. The van der Waals surface area contributed by atoms with Crippen molar-refractivity contribution >= 4 is 5.91 Å². The quantitative estimate of drug-likeness (QED) is 0.809. The summed E-state index contributed by atoms with van der Waals surface area (Å²) in [5, 5.41) is 3.21. The minimum atomic E-state index is 0.280. The monoisotopic (exact) mass is 246 g/mol. The molecule has 3 heteroatoms. The fourth-order valence-electron chi connectivity index (χ4n) is 2.60. The molecule has 0 spiro atoms. The summed E-state index contributed by atoms with van der Waals surface area (Å²) in [6.45, 7) is 4.68. The Hall–Kier alpha value is -1.35. The number of hydrogen-bond donors (Lipinski definition) is 1. The second kappa shape index (κ2) is 6.55. The van der Waals surface area contributed by atoms with Gasteiger partial charge in [-0.25, -0.2) is 0 Å². The molecule has 1 heterocycles. The topological polar surface area (TPSA) is 32.3 Å². The lowest BCUT2D eigenvalue weighted by molar-refractivity contribution is -0.132. The molecule has 2 rings (SSSR count). The first-order valence-corrected chi connectivity index (χ1v) is 6.88. The van der Waals surface area contributed by atoms with E-state index in [1.54, 1.807) is 0 Å². The summed E-state index contributed by atoms with van der Waals surface area (Å²) in [4.78, 5) is 14.2. The van der Waals surface area contributed by atoms with Gasteiger partial charge in [-0.2, -0.15) is 0 Å². The zero-order valence-corrected chi connectivity index (χ0v) is 11.1. The first-order valence-electron chi connectivity index (χ1n) is 6.88. The van der Waals surface area contributed by atoms with Gasteiger partial charge in [-0.05, 0) is 24.9 Å². The Balaban J connectivity index is 1.97. The van der Waals surface area contributed by atoms with Crippen molar-refractivity contribution in [2.24, 2.45) is 0 Å². The predicted molar refractivity (Wildman–Crippen MR) is 73.3 cm³/mol. The lowest BCUT2D eigenvalue weighted by Crippen LogP contribution is -2.32. The highest BCUT2D eigenvalue weighted by Gasteiger charge is 2.29. The van der Waals surface area contributed by atoms with E-state index in [-0.39, 0.29) is 5.91 Å². The van der Waals surface area contributed by atoms with Crippen LogP contribution in [-0.2, 0) is 4.79 Å². The Labute approximate surface area is 109 Å². The van der Waals surface area contributed by atoms with E-state index >= 15 is 0 Å². The minimum Gasteiger partial charge on any atom is -0.336 e. The number of rotatable bonds is 5. The molecule has 0 aliphatic carbocycles. The molecule has 1 aromatic carbocycles. The van der Waals surface area contributed by atoms with Gasteiger partial charge < -0.3 is 10.2 Å². The second-order valence-electron chi connectivity index (χ2n) is 4.76. The van der Waals surface area contributed by atoms with Crippen LogP contribution in [0.3, 0.4) is 0 Å². The van der Waals surface area contributed by atoms with E-state index in [1.807, 2.05) is 11.0 Å². The van der Waals surface area contributed by atoms with E-state index < -0.39 is 0 Å². The van der Waals surface area contributed by atoms with Gasteiger partial charge in [0.05, 0.1) is 6.04 Å². The Bertz CT molecular complexity index is 377. The number of nitrogens with zero attached hydrogens (tertiary/aromatic N) is 1. The number of carbonyl (C=O) groups is 1. The van der Waals surface area contributed by atoms with E-state index in [2.05, 4.69) is 36.5 Å². The van der Waals surface area contributed by atoms with Gasteiger partial charge in [-0.3, -0.25) is 4.79 Å². The van der Waals surface area contributed by atoms with Crippen molar-refractivity contribution in [3.63, 3.8) is 0 Å². The summed E-state index contributed by atoms with van der Waals surface area (Å²) in [6.07, 6.45) is 2.82. The highest BCUT2D eigenvalue weighted by atomic mass is 16.2. The molecule has 1 N–H and O–H groups in total. The van der Waals surface area contributed by atoms with Crippen molar-refractivity contribution in [1.82, 2.24) is 10.2 Å². The number of nitrogens with one attached hydrogen (secondary N) is 1. The maximum absolute atomic E-state index is 12.2. The molecule has 1 amide bonds. The van der Waals surface area contributed by atoms with E-state index in [0.29, 0.717) is 12.5 Å². The predicted octanol–water partition coefficient (Wildman–Crippen LogP) is 2.35. The third-order valence-electron chi connectivity index (χ3n) is 3.52. The third-order valence-corrected chi connectivity index (χ3v) is 3.52. The van der Waals surface area contributed by atoms with Gasteiger partial charge in [0.2, 0.25) is 5.91 Å². The molecule has 1 aliphatic rings. The number of benzene rings is 1. The molecule has 0 saturated carbocycles. The summed E-state index contributed by atoms with van der Waals surface area (Å²) in [7, 11) is 0. The first kappa shape index (κ1) is 13.1. The van der Waals surface area contributed by atoms with Crippen molar-refractivity contribution in [3.8, 4) is 0 Å². The van der Waals surface area contributed by atoms with Crippen LogP contribution in [0.5, 0.6) is 0 Å². The summed E-state index contributed by atoms with van der Waals surface area (Å²) >= 11 is 0. The maximum Gasteiger partial charge on any atom is 0.224 e. The van der Waals surface area contributed by atoms with Crippen LogP contribution in [0.1, 0.15) is 37.8 Å². The van der Waals surface area contributed by atoms with Crippen LogP contribution in [-0.4, -0.2) is 30.4 Å². The molecular weight excluding hydrogens is 224 g/mol. The van der Waals surface area contributed by atoms with Gasteiger partial charge in [-0.15, -0.1) is 0 Å². The molecule has 1 saturated heterocycles. The molecule has 1 aliphatic heterocycles. The Morgan fingerprint density at radius 1 is 1.39 bits per heavy atom. The second-order valence-corrected chi connectivity index (χ2v) is 4.76. The number of carbonyl (C=O) groups excluding carboxylic acids is 1. The highest BCUT2D eigenvalue weighted by Crippen LogP contribution is 2.31. The number of amides is 1. The standard InChI is InChI=1S/C15H22N2O/c1-2-16-11-10-15(18)17-12-6-9-14(17)13-7-4-3-5-8-13/h3-5,7-8,14,16H,2,6,9-12H2,1H3. The third kappa shape index (κ3) is 3.10. The van der Waals surface area contributed by atoms with E-state index in [4.69, 9.17) is 0 Å². The van der Waals surface area contributed by atoms with Crippen molar-refractivity contribution in [2.45, 2.75) is 32.2 Å². The van der Waals surface area contributed by atoms with Crippen LogP contribution in [0, 0.1) is 0 Å². The average Bonchev–Trinajstić information content (AvgIpc) is 2.89. The molecular formula is C15H22N2O. The zero-order valence-electron chi connectivity index (χ0n) is 11.1. The fraction of sp³-hybridized carbons (Fsp3) is 0.533. The van der Waals surface area contributed by atoms with Crippen LogP contribution >= 0.6 is 0 Å². The average molecular weight is 246 g/mol. The number of likely N-dealkylation sites (tertiary alicyclic amines) is 1. The Kier molecular flexibility index (Phi) is 4.76. The van der Waals surface area contributed by atoms with E-state index in [0.717, 1.165) is 32.5 Å². The molecule has 1 unspecified atom stereocenters. The SMILES string of the molecule is CCNCCC(=O)N1CCCC1c1ccccc1. The van der Waals surface area contributed by atoms with Gasteiger partial charge >= 0.3 is 0 Å². The Morgan fingerprint density at radius 3 is 2.89 bits per heavy atom.